The van der Waals surface area contributed by atoms with Crippen LogP contribution in [0, 0.1) is 0 Å². The maximum atomic E-state index is 9.35. The van der Waals surface area contributed by atoms with Gasteiger partial charge in [0.1, 0.15) is 0 Å². The number of aliphatic hydroxyl groups excluding tert-OH is 3. The molecule has 3 atom stereocenters. The van der Waals surface area contributed by atoms with Gasteiger partial charge in [0.25, 0.3) is 0 Å². The average molecular weight is 191 g/mol. The van der Waals surface area contributed by atoms with Crippen LogP contribution in [0.1, 0.15) is 0 Å². The minimum atomic E-state index is -0.685. The maximum absolute atomic E-state index is 9.35. The van der Waals surface area contributed by atoms with Gasteiger partial charge >= 0.3 is 0 Å². The predicted molar refractivity (Wildman–Crippen MR) is 46.3 cm³/mol. The molecule has 1 aliphatic heterocycles. The molecule has 1 rings (SSSR count). The molecule has 0 aromatic heterocycles. The Labute approximate surface area is 77.5 Å². The molecule has 1 heterocycles. The highest BCUT2D eigenvalue weighted by Crippen LogP contribution is 2.09. The van der Waals surface area contributed by atoms with E-state index in [4.69, 9.17) is 4.74 Å². The Kier molecular flexibility index (Phi) is 4.08. The van der Waals surface area contributed by atoms with Gasteiger partial charge in [-0.1, -0.05) is 0 Å². The fourth-order valence-electron chi connectivity index (χ4n) is 1.54. The van der Waals surface area contributed by atoms with Crippen molar-refractivity contribution >= 4 is 0 Å². The van der Waals surface area contributed by atoms with Crippen LogP contribution in [-0.4, -0.2) is 71.9 Å². The van der Waals surface area contributed by atoms with E-state index in [1.54, 1.807) is 0 Å². The summed E-state index contributed by atoms with van der Waals surface area (Å²) in [6.07, 6.45) is -1.92. The van der Waals surface area contributed by atoms with Crippen molar-refractivity contribution in [2.24, 2.45) is 0 Å². The van der Waals surface area contributed by atoms with Gasteiger partial charge in [-0.25, -0.2) is 0 Å². The number of hydrogen-bond acceptors (Lipinski definition) is 5. The number of aliphatic hydroxyl groups is 3. The molecule has 0 aliphatic carbocycles. The second-order valence-electron chi connectivity index (χ2n) is 3.46. The summed E-state index contributed by atoms with van der Waals surface area (Å²) in [6, 6.07) is 0. The Morgan fingerprint density at radius 3 is 2.38 bits per heavy atom. The standard InChI is InChI=1S/C8H17NO4/c1-13-5-6(10)2-9-3-7(11)8(12)4-9/h6-8,10-12H,2-5H2,1H3. The Hall–Kier alpha value is -0.200. The highest BCUT2D eigenvalue weighted by atomic mass is 16.5. The third-order valence-corrected chi connectivity index (χ3v) is 2.16. The van der Waals surface area contributed by atoms with Gasteiger partial charge in [0.15, 0.2) is 0 Å². The third kappa shape index (κ3) is 3.21. The molecular formula is C8H17NO4. The van der Waals surface area contributed by atoms with Gasteiger partial charge in [0.05, 0.1) is 24.9 Å². The van der Waals surface area contributed by atoms with Crippen molar-refractivity contribution in [1.29, 1.82) is 0 Å². The van der Waals surface area contributed by atoms with E-state index >= 15 is 0 Å². The van der Waals surface area contributed by atoms with E-state index in [9.17, 15) is 15.3 Å². The van der Waals surface area contributed by atoms with Crippen LogP contribution in [0.15, 0.2) is 0 Å². The van der Waals surface area contributed by atoms with Gasteiger partial charge in [-0.15, -0.1) is 0 Å². The van der Waals surface area contributed by atoms with Crippen molar-refractivity contribution in [3.63, 3.8) is 0 Å². The first-order chi connectivity index (χ1) is 6.13. The molecule has 0 amide bonds. The number of methoxy groups -OCH3 is 1. The molecule has 0 aromatic carbocycles. The van der Waals surface area contributed by atoms with Gasteiger partial charge < -0.3 is 20.1 Å². The Bertz CT molecular complexity index is 145. The van der Waals surface area contributed by atoms with Crippen LogP contribution in [0.5, 0.6) is 0 Å². The average Bonchev–Trinajstić information content (AvgIpc) is 2.31. The Morgan fingerprint density at radius 1 is 1.38 bits per heavy atom. The second-order valence-corrected chi connectivity index (χ2v) is 3.46. The summed E-state index contributed by atoms with van der Waals surface area (Å²) in [4.78, 5) is 1.82. The SMILES string of the molecule is COCC(O)CN1CC(O)C(O)C1. The number of likely N-dealkylation sites (tertiary alicyclic amines) is 1. The Balaban J connectivity index is 2.23. The molecule has 5 heteroatoms. The van der Waals surface area contributed by atoms with E-state index in [-0.39, 0.29) is 6.61 Å². The highest BCUT2D eigenvalue weighted by Gasteiger charge is 2.30. The van der Waals surface area contributed by atoms with Gasteiger partial charge in [-0.3, -0.25) is 4.90 Å². The summed E-state index contributed by atoms with van der Waals surface area (Å²) >= 11 is 0. The van der Waals surface area contributed by atoms with Crippen LogP contribution in [0.2, 0.25) is 0 Å². The number of nitrogens with zero attached hydrogens (tertiary/aromatic N) is 1. The topological polar surface area (TPSA) is 73.2 Å². The summed E-state index contributed by atoms with van der Waals surface area (Å²) in [6.45, 7) is 1.55. The van der Waals surface area contributed by atoms with E-state index in [0.29, 0.717) is 19.6 Å². The van der Waals surface area contributed by atoms with Gasteiger partial charge in [-0.2, -0.15) is 0 Å². The third-order valence-electron chi connectivity index (χ3n) is 2.16. The molecule has 1 aliphatic rings. The molecule has 1 fully saturated rings. The molecule has 0 saturated carbocycles. The number of rotatable bonds is 4. The van der Waals surface area contributed by atoms with Crippen molar-refractivity contribution in [2.75, 3.05) is 33.4 Å². The molecular weight excluding hydrogens is 174 g/mol. The van der Waals surface area contributed by atoms with Crippen molar-refractivity contribution < 1.29 is 20.1 Å². The van der Waals surface area contributed by atoms with E-state index in [2.05, 4.69) is 0 Å². The van der Waals surface area contributed by atoms with Crippen LogP contribution >= 0.6 is 0 Å². The van der Waals surface area contributed by atoms with Crippen LogP contribution in [0.4, 0.5) is 0 Å². The first-order valence-corrected chi connectivity index (χ1v) is 4.39. The molecule has 5 nitrogen and oxygen atoms in total. The largest absolute Gasteiger partial charge is 0.389 e. The molecule has 0 bridgehead atoms. The second kappa shape index (κ2) is 4.88. The van der Waals surface area contributed by atoms with E-state index in [1.165, 1.54) is 7.11 Å². The van der Waals surface area contributed by atoms with Gasteiger partial charge in [-0.05, 0) is 0 Å². The normalized spacial score (nSPS) is 32.3. The molecule has 3 unspecified atom stereocenters. The fraction of sp³-hybridized carbons (Fsp3) is 1.00. The summed E-state index contributed by atoms with van der Waals surface area (Å²) < 4.78 is 4.77. The minimum absolute atomic E-state index is 0.280. The summed E-state index contributed by atoms with van der Waals surface area (Å²) in [7, 11) is 1.52. The molecule has 3 N–H and O–H groups in total. The number of ether oxygens (including phenoxy) is 1. The number of hydrogen-bond donors (Lipinski definition) is 3. The maximum Gasteiger partial charge on any atom is 0.0938 e. The first-order valence-electron chi connectivity index (χ1n) is 4.39. The molecule has 13 heavy (non-hydrogen) atoms. The van der Waals surface area contributed by atoms with Crippen LogP contribution in [0.3, 0.4) is 0 Å². The van der Waals surface area contributed by atoms with Crippen LogP contribution < -0.4 is 0 Å². The summed E-state index contributed by atoms with van der Waals surface area (Å²) in [5, 5.41) is 27.8. The lowest BCUT2D eigenvalue weighted by Gasteiger charge is -2.18. The van der Waals surface area contributed by atoms with Crippen molar-refractivity contribution in [3.8, 4) is 0 Å². The highest BCUT2D eigenvalue weighted by molar-refractivity contribution is 4.84. The summed E-state index contributed by atoms with van der Waals surface area (Å²) in [5.41, 5.74) is 0. The fourth-order valence-corrected chi connectivity index (χ4v) is 1.54. The zero-order chi connectivity index (χ0) is 9.84. The van der Waals surface area contributed by atoms with E-state index < -0.39 is 18.3 Å². The number of β-amino-alcohol motifs (C(OH)–C–C–N with tert-alkyl or cyclic N) is 3. The smallest absolute Gasteiger partial charge is 0.0938 e. The molecule has 0 radical (unpaired) electrons. The minimum Gasteiger partial charge on any atom is -0.389 e. The molecule has 1 saturated heterocycles. The van der Waals surface area contributed by atoms with E-state index in [1.807, 2.05) is 4.90 Å². The van der Waals surface area contributed by atoms with Gasteiger partial charge in [0, 0.05) is 26.7 Å². The molecule has 78 valence electrons. The summed E-state index contributed by atoms with van der Waals surface area (Å²) in [5.74, 6) is 0. The lowest BCUT2D eigenvalue weighted by molar-refractivity contribution is 0.0399. The quantitative estimate of drug-likeness (QED) is 0.481. The Morgan fingerprint density at radius 2 is 1.92 bits per heavy atom. The van der Waals surface area contributed by atoms with Crippen LogP contribution in [0.25, 0.3) is 0 Å². The van der Waals surface area contributed by atoms with Crippen molar-refractivity contribution in [3.05, 3.63) is 0 Å². The predicted octanol–water partition coefficient (Wildman–Crippen LogP) is -1.97. The lowest BCUT2D eigenvalue weighted by atomic mass is 10.3. The molecule has 0 spiro atoms. The zero-order valence-electron chi connectivity index (χ0n) is 7.76. The van der Waals surface area contributed by atoms with Gasteiger partial charge in [0.2, 0.25) is 0 Å². The van der Waals surface area contributed by atoms with Crippen LogP contribution in [-0.2, 0) is 4.74 Å². The first kappa shape index (κ1) is 10.9. The monoisotopic (exact) mass is 191 g/mol. The van der Waals surface area contributed by atoms with E-state index in [0.717, 1.165) is 0 Å². The van der Waals surface area contributed by atoms with Crippen molar-refractivity contribution in [1.82, 2.24) is 4.90 Å². The molecule has 0 aromatic rings. The zero-order valence-corrected chi connectivity index (χ0v) is 7.76. The van der Waals surface area contributed by atoms with Crippen molar-refractivity contribution in [2.45, 2.75) is 18.3 Å². The lowest BCUT2D eigenvalue weighted by Crippen LogP contribution is -2.33.